The second-order valence-corrected chi connectivity index (χ2v) is 6.29. The van der Waals surface area contributed by atoms with Crippen molar-refractivity contribution in [3.8, 4) is 22.8 Å². The average molecular weight is 351 g/mol. The minimum Gasteiger partial charge on any atom is -0.508 e. The molecule has 0 spiro atoms. The lowest BCUT2D eigenvalue weighted by molar-refractivity contribution is 0.451. The van der Waals surface area contributed by atoms with Gasteiger partial charge in [0.2, 0.25) is 0 Å². The van der Waals surface area contributed by atoms with Gasteiger partial charge in [0.25, 0.3) is 0 Å². The summed E-state index contributed by atoms with van der Waals surface area (Å²) >= 11 is 6.18. The van der Waals surface area contributed by atoms with Gasteiger partial charge in [0, 0.05) is 22.0 Å². The van der Waals surface area contributed by atoms with Gasteiger partial charge in [0.15, 0.2) is 0 Å². The van der Waals surface area contributed by atoms with Crippen LogP contribution in [0.5, 0.6) is 11.5 Å². The third-order valence-corrected chi connectivity index (χ3v) is 4.36. The Morgan fingerprint density at radius 1 is 0.920 bits per heavy atom. The molecule has 0 aliphatic carbocycles. The fraction of sp³-hybridized carbons (Fsp3) is 0.0500. The van der Waals surface area contributed by atoms with Crippen molar-refractivity contribution in [1.82, 2.24) is 9.78 Å². The maximum absolute atomic E-state index is 10.2. The maximum Gasteiger partial charge on any atom is 0.128 e. The van der Waals surface area contributed by atoms with Crippen molar-refractivity contribution >= 4 is 22.5 Å². The van der Waals surface area contributed by atoms with Crippen molar-refractivity contribution < 1.29 is 10.2 Å². The minimum atomic E-state index is -0.0128. The molecule has 1 aromatic heterocycles. The number of hydrogen-bond acceptors (Lipinski definition) is 3. The molecule has 4 nitrogen and oxygen atoms in total. The van der Waals surface area contributed by atoms with Crippen LogP contribution in [0, 0.1) is 0 Å². The van der Waals surface area contributed by atoms with Gasteiger partial charge in [-0.25, -0.2) is 0 Å². The van der Waals surface area contributed by atoms with Gasteiger partial charge in [0.05, 0.1) is 12.1 Å². The van der Waals surface area contributed by atoms with Gasteiger partial charge < -0.3 is 10.2 Å². The zero-order valence-corrected chi connectivity index (χ0v) is 14.0. The van der Waals surface area contributed by atoms with Gasteiger partial charge in [-0.15, -0.1) is 0 Å². The van der Waals surface area contributed by atoms with E-state index in [-0.39, 0.29) is 11.5 Å². The van der Waals surface area contributed by atoms with E-state index in [9.17, 15) is 10.2 Å². The van der Waals surface area contributed by atoms with Crippen LogP contribution in [0.3, 0.4) is 0 Å². The lowest BCUT2D eigenvalue weighted by atomic mass is 10.1. The second kappa shape index (κ2) is 6.15. The largest absolute Gasteiger partial charge is 0.508 e. The van der Waals surface area contributed by atoms with Crippen LogP contribution in [0.1, 0.15) is 5.56 Å². The van der Waals surface area contributed by atoms with E-state index < -0.39 is 0 Å². The molecule has 1 heterocycles. The molecule has 5 heteroatoms. The normalized spacial score (nSPS) is 11.1. The van der Waals surface area contributed by atoms with Gasteiger partial charge >= 0.3 is 0 Å². The molecular formula is C20H15ClN2O2. The minimum absolute atomic E-state index is 0.0114. The van der Waals surface area contributed by atoms with Crippen LogP contribution in [0.4, 0.5) is 0 Å². The average Bonchev–Trinajstić information content (AvgIpc) is 2.93. The summed E-state index contributed by atoms with van der Waals surface area (Å²) < 4.78 is 1.87. The molecular weight excluding hydrogens is 336 g/mol. The molecule has 0 aliphatic rings. The SMILES string of the molecule is Oc1ccc(-c2nn(Cc3ccccc3)c3cc(Cl)ccc23)c(O)c1. The summed E-state index contributed by atoms with van der Waals surface area (Å²) in [4.78, 5) is 0. The molecule has 0 aliphatic heterocycles. The first-order valence-electron chi connectivity index (χ1n) is 7.84. The number of phenolic OH excluding ortho intramolecular Hbond substituents is 2. The van der Waals surface area contributed by atoms with E-state index in [2.05, 4.69) is 0 Å². The van der Waals surface area contributed by atoms with Crippen LogP contribution in [0.15, 0.2) is 66.7 Å². The summed E-state index contributed by atoms with van der Waals surface area (Å²) in [6.07, 6.45) is 0. The van der Waals surface area contributed by atoms with E-state index in [1.807, 2.05) is 47.1 Å². The summed E-state index contributed by atoms with van der Waals surface area (Å²) in [5, 5.41) is 26.0. The van der Waals surface area contributed by atoms with E-state index in [0.29, 0.717) is 22.8 Å². The predicted octanol–water partition coefficient (Wildman–Crippen LogP) is 4.82. The first kappa shape index (κ1) is 15.5. The van der Waals surface area contributed by atoms with Gasteiger partial charge in [-0.1, -0.05) is 41.9 Å². The van der Waals surface area contributed by atoms with Crippen molar-refractivity contribution in [2.24, 2.45) is 0 Å². The van der Waals surface area contributed by atoms with Gasteiger partial charge in [-0.3, -0.25) is 4.68 Å². The smallest absolute Gasteiger partial charge is 0.128 e. The zero-order chi connectivity index (χ0) is 17.4. The Bertz CT molecular complexity index is 1060. The monoisotopic (exact) mass is 350 g/mol. The van der Waals surface area contributed by atoms with Crippen molar-refractivity contribution in [3.05, 3.63) is 77.3 Å². The number of benzene rings is 3. The van der Waals surface area contributed by atoms with E-state index in [0.717, 1.165) is 16.5 Å². The first-order chi connectivity index (χ1) is 12.1. The third kappa shape index (κ3) is 2.92. The maximum atomic E-state index is 10.2. The molecule has 0 bridgehead atoms. The predicted molar refractivity (Wildman–Crippen MR) is 99.1 cm³/mol. The van der Waals surface area contributed by atoms with Crippen LogP contribution in [-0.2, 0) is 6.54 Å². The molecule has 3 aromatic carbocycles. The summed E-state index contributed by atoms with van der Waals surface area (Å²) in [6.45, 7) is 0.594. The number of hydrogen-bond donors (Lipinski definition) is 2. The molecule has 0 amide bonds. The zero-order valence-electron chi connectivity index (χ0n) is 13.2. The number of phenols is 2. The molecule has 0 atom stereocenters. The molecule has 0 radical (unpaired) electrons. The molecule has 4 rings (SSSR count). The number of aromatic nitrogens is 2. The van der Waals surface area contributed by atoms with Crippen LogP contribution in [0.2, 0.25) is 5.02 Å². The highest BCUT2D eigenvalue weighted by atomic mass is 35.5. The molecule has 0 fully saturated rings. The van der Waals surface area contributed by atoms with Crippen LogP contribution >= 0.6 is 11.6 Å². The van der Waals surface area contributed by atoms with Crippen LogP contribution in [-0.4, -0.2) is 20.0 Å². The molecule has 4 aromatic rings. The van der Waals surface area contributed by atoms with Gasteiger partial charge in [-0.05, 0) is 35.9 Å². The Balaban J connectivity index is 1.91. The summed E-state index contributed by atoms with van der Waals surface area (Å²) in [5.74, 6) is -0.00136. The summed E-state index contributed by atoms with van der Waals surface area (Å²) in [5.41, 5.74) is 3.23. The number of halogens is 1. The number of fused-ring (bicyclic) bond motifs is 1. The Kier molecular flexibility index (Phi) is 3.82. The van der Waals surface area contributed by atoms with E-state index in [1.165, 1.54) is 12.1 Å². The van der Waals surface area contributed by atoms with E-state index in [4.69, 9.17) is 16.7 Å². The molecule has 124 valence electrons. The summed E-state index contributed by atoms with van der Waals surface area (Å²) in [7, 11) is 0. The number of rotatable bonds is 3. The van der Waals surface area contributed by atoms with Gasteiger partial charge in [0.1, 0.15) is 17.2 Å². The molecule has 0 saturated heterocycles. The highest BCUT2D eigenvalue weighted by Gasteiger charge is 2.16. The molecule has 0 unspecified atom stereocenters. The lowest BCUT2D eigenvalue weighted by Crippen LogP contribution is -2.01. The van der Waals surface area contributed by atoms with E-state index in [1.54, 1.807) is 12.1 Å². The van der Waals surface area contributed by atoms with Crippen molar-refractivity contribution in [2.45, 2.75) is 6.54 Å². The standard InChI is InChI=1S/C20H15ClN2O2/c21-14-6-8-16-18(10-14)23(12-13-4-2-1-3-5-13)22-20(16)17-9-7-15(24)11-19(17)25/h1-11,24-25H,12H2. The molecule has 2 N–H and O–H groups in total. The second-order valence-electron chi connectivity index (χ2n) is 5.85. The molecule has 25 heavy (non-hydrogen) atoms. The highest BCUT2D eigenvalue weighted by molar-refractivity contribution is 6.31. The highest BCUT2D eigenvalue weighted by Crippen LogP contribution is 2.36. The lowest BCUT2D eigenvalue weighted by Gasteiger charge is -2.04. The first-order valence-corrected chi connectivity index (χ1v) is 8.22. The fourth-order valence-electron chi connectivity index (χ4n) is 2.94. The number of nitrogens with zero attached hydrogens (tertiary/aromatic N) is 2. The van der Waals surface area contributed by atoms with Crippen LogP contribution in [0.25, 0.3) is 22.2 Å². The Morgan fingerprint density at radius 3 is 2.48 bits per heavy atom. The fourth-order valence-corrected chi connectivity index (χ4v) is 3.11. The van der Waals surface area contributed by atoms with Crippen molar-refractivity contribution in [1.29, 1.82) is 0 Å². The van der Waals surface area contributed by atoms with Crippen molar-refractivity contribution in [3.63, 3.8) is 0 Å². The van der Waals surface area contributed by atoms with E-state index >= 15 is 0 Å². The van der Waals surface area contributed by atoms with Crippen LogP contribution < -0.4 is 0 Å². The quantitative estimate of drug-likeness (QED) is 0.557. The Hall–Kier alpha value is -2.98. The third-order valence-electron chi connectivity index (χ3n) is 4.13. The molecule has 0 saturated carbocycles. The Morgan fingerprint density at radius 2 is 1.72 bits per heavy atom. The number of aromatic hydroxyl groups is 2. The van der Waals surface area contributed by atoms with Gasteiger partial charge in [-0.2, -0.15) is 5.10 Å². The van der Waals surface area contributed by atoms with Crippen molar-refractivity contribution in [2.75, 3.05) is 0 Å². The topological polar surface area (TPSA) is 58.3 Å². The summed E-state index contributed by atoms with van der Waals surface area (Å²) in [6, 6.07) is 20.1. The Labute approximate surface area is 149 Å².